The lowest BCUT2D eigenvalue weighted by Crippen LogP contribution is -2.01. The van der Waals surface area contributed by atoms with Crippen molar-refractivity contribution in [3.63, 3.8) is 0 Å². The highest BCUT2D eigenvalue weighted by molar-refractivity contribution is 8.14. The fourth-order valence-electron chi connectivity index (χ4n) is 2.00. The largest absolute Gasteiger partial charge is 0.259 e. The summed E-state index contributed by atoms with van der Waals surface area (Å²) in [6.07, 6.45) is 0. The van der Waals surface area contributed by atoms with Gasteiger partial charge in [-0.3, -0.25) is 4.99 Å². The maximum atomic E-state index is 5.04. The molecule has 0 saturated heterocycles. The van der Waals surface area contributed by atoms with Crippen molar-refractivity contribution in [3.05, 3.63) is 71.8 Å². The van der Waals surface area contributed by atoms with Crippen molar-refractivity contribution < 1.29 is 0 Å². The highest BCUT2D eigenvalue weighted by Crippen LogP contribution is 2.32. The Hall–Kier alpha value is -1.19. The Morgan fingerprint density at radius 2 is 1.52 bits per heavy atom. The second-order valence-electron chi connectivity index (χ2n) is 4.45. The molecule has 0 bridgehead atoms. The molecule has 1 atom stereocenters. The Bertz CT molecular complexity index is 552. The van der Waals surface area contributed by atoms with E-state index in [-0.39, 0.29) is 5.37 Å². The summed E-state index contributed by atoms with van der Waals surface area (Å²) in [5, 5.41) is 1.30. The topological polar surface area (TPSA) is 12.4 Å². The molecule has 0 heterocycles. The summed E-state index contributed by atoms with van der Waals surface area (Å²) in [6.45, 7) is 4.36. The SMILES string of the molecule is CCS/C(=N\C(SCC)c1ccccc1)c1ccccc1. The third-order valence-electron chi connectivity index (χ3n) is 2.95. The van der Waals surface area contributed by atoms with Gasteiger partial charge >= 0.3 is 0 Å². The molecule has 0 aliphatic carbocycles. The summed E-state index contributed by atoms with van der Waals surface area (Å²) in [4.78, 5) is 5.04. The van der Waals surface area contributed by atoms with E-state index in [1.54, 1.807) is 0 Å². The summed E-state index contributed by atoms with van der Waals surface area (Å²) in [7, 11) is 0. The molecule has 1 nitrogen and oxygen atoms in total. The van der Waals surface area contributed by atoms with Crippen LogP contribution in [-0.4, -0.2) is 16.5 Å². The Kier molecular flexibility index (Phi) is 6.90. The standard InChI is InChI=1S/C18H21NS2/c1-3-20-17(15-11-7-5-8-12-15)19-18(21-4-2)16-13-9-6-10-14-16/h5-14,17H,3-4H2,1-2H3/b19-18-. The van der Waals surface area contributed by atoms with Gasteiger partial charge < -0.3 is 0 Å². The minimum atomic E-state index is 0.172. The van der Waals surface area contributed by atoms with Crippen LogP contribution < -0.4 is 0 Å². The average Bonchev–Trinajstić information content (AvgIpc) is 2.55. The summed E-state index contributed by atoms with van der Waals surface area (Å²) >= 11 is 3.69. The molecule has 110 valence electrons. The Morgan fingerprint density at radius 3 is 2.10 bits per heavy atom. The average molecular weight is 316 g/mol. The van der Waals surface area contributed by atoms with Crippen molar-refractivity contribution in [1.29, 1.82) is 0 Å². The van der Waals surface area contributed by atoms with E-state index in [9.17, 15) is 0 Å². The molecular formula is C18H21NS2. The zero-order chi connectivity index (χ0) is 14.9. The second kappa shape index (κ2) is 8.96. The summed E-state index contributed by atoms with van der Waals surface area (Å²) in [5.74, 6) is 2.09. The van der Waals surface area contributed by atoms with E-state index in [0.717, 1.165) is 16.5 Å². The van der Waals surface area contributed by atoms with Crippen LogP contribution in [0.25, 0.3) is 0 Å². The molecule has 0 saturated carbocycles. The quantitative estimate of drug-likeness (QED) is 0.505. The summed E-state index contributed by atoms with van der Waals surface area (Å²) < 4.78 is 0. The zero-order valence-electron chi connectivity index (χ0n) is 12.5. The van der Waals surface area contributed by atoms with Gasteiger partial charge in [-0.05, 0) is 17.1 Å². The molecule has 3 heteroatoms. The van der Waals surface area contributed by atoms with E-state index in [2.05, 4.69) is 68.4 Å². The molecule has 0 radical (unpaired) electrons. The van der Waals surface area contributed by atoms with Gasteiger partial charge in [-0.15, -0.1) is 23.5 Å². The molecule has 0 fully saturated rings. The Balaban J connectivity index is 2.33. The number of rotatable bonds is 6. The van der Waals surface area contributed by atoms with Crippen LogP contribution in [-0.2, 0) is 0 Å². The van der Waals surface area contributed by atoms with E-state index < -0.39 is 0 Å². The van der Waals surface area contributed by atoms with Gasteiger partial charge in [0.25, 0.3) is 0 Å². The third kappa shape index (κ3) is 4.94. The van der Waals surface area contributed by atoms with Gasteiger partial charge in [0.15, 0.2) is 0 Å². The van der Waals surface area contributed by atoms with Gasteiger partial charge in [0.1, 0.15) is 5.37 Å². The molecule has 0 aromatic heterocycles. The number of hydrogen-bond donors (Lipinski definition) is 0. The van der Waals surface area contributed by atoms with Crippen LogP contribution >= 0.6 is 23.5 Å². The number of hydrogen-bond acceptors (Lipinski definition) is 3. The third-order valence-corrected chi connectivity index (χ3v) is 4.88. The van der Waals surface area contributed by atoms with Gasteiger partial charge in [-0.2, -0.15) is 0 Å². The van der Waals surface area contributed by atoms with Crippen molar-refractivity contribution in [2.45, 2.75) is 19.2 Å². The molecule has 1 unspecified atom stereocenters. The lowest BCUT2D eigenvalue weighted by Gasteiger charge is -2.14. The van der Waals surface area contributed by atoms with Crippen molar-refractivity contribution in [1.82, 2.24) is 0 Å². The molecule has 21 heavy (non-hydrogen) atoms. The monoisotopic (exact) mass is 315 g/mol. The highest BCUT2D eigenvalue weighted by Gasteiger charge is 2.12. The Morgan fingerprint density at radius 1 is 0.905 bits per heavy atom. The van der Waals surface area contributed by atoms with Gasteiger partial charge in [0, 0.05) is 5.56 Å². The predicted octanol–water partition coefficient (Wildman–Crippen LogP) is 5.64. The van der Waals surface area contributed by atoms with Gasteiger partial charge in [-0.1, -0.05) is 74.5 Å². The number of benzene rings is 2. The van der Waals surface area contributed by atoms with Gasteiger partial charge in [0.2, 0.25) is 0 Å². The first-order chi connectivity index (χ1) is 10.3. The van der Waals surface area contributed by atoms with Crippen LogP contribution in [0.15, 0.2) is 65.7 Å². The molecule has 2 aromatic rings. The van der Waals surface area contributed by atoms with E-state index in [1.807, 2.05) is 29.6 Å². The van der Waals surface area contributed by atoms with E-state index in [0.29, 0.717) is 0 Å². The zero-order valence-corrected chi connectivity index (χ0v) is 14.2. The van der Waals surface area contributed by atoms with Gasteiger partial charge in [-0.25, -0.2) is 0 Å². The lowest BCUT2D eigenvalue weighted by atomic mass is 10.2. The fraction of sp³-hybridized carbons (Fsp3) is 0.278. The van der Waals surface area contributed by atoms with Crippen LogP contribution in [0, 0.1) is 0 Å². The van der Waals surface area contributed by atoms with E-state index >= 15 is 0 Å². The molecule has 2 rings (SSSR count). The van der Waals surface area contributed by atoms with Crippen molar-refractivity contribution in [3.8, 4) is 0 Å². The van der Waals surface area contributed by atoms with Crippen LogP contribution in [0.5, 0.6) is 0 Å². The van der Waals surface area contributed by atoms with Gasteiger partial charge in [0.05, 0.1) is 5.04 Å². The number of nitrogens with zero attached hydrogens (tertiary/aromatic N) is 1. The van der Waals surface area contributed by atoms with E-state index in [1.165, 1.54) is 11.1 Å². The van der Waals surface area contributed by atoms with Crippen molar-refractivity contribution in [2.24, 2.45) is 4.99 Å². The van der Waals surface area contributed by atoms with Crippen LogP contribution in [0.1, 0.15) is 30.3 Å². The van der Waals surface area contributed by atoms with Crippen molar-refractivity contribution in [2.75, 3.05) is 11.5 Å². The predicted molar refractivity (Wildman–Crippen MR) is 98.4 cm³/mol. The van der Waals surface area contributed by atoms with Crippen LogP contribution in [0.2, 0.25) is 0 Å². The van der Waals surface area contributed by atoms with E-state index in [4.69, 9.17) is 4.99 Å². The highest BCUT2D eigenvalue weighted by atomic mass is 32.2. The maximum absolute atomic E-state index is 5.04. The molecule has 0 aliphatic rings. The smallest absolute Gasteiger partial charge is 0.122 e. The second-order valence-corrected chi connectivity index (χ2v) is 7.06. The minimum absolute atomic E-state index is 0.172. The Labute approximate surface area is 136 Å². The first kappa shape index (κ1) is 16.2. The maximum Gasteiger partial charge on any atom is 0.122 e. The molecular weight excluding hydrogens is 294 g/mol. The molecule has 0 N–H and O–H groups in total. The normalized spacial score (nSPS) is 13.1. The molecule has 0 aliphatic heterocycles. The lowest BCUT2D eigenvalue weighted by molar-refractivity contribution is 1.04. The molecule has 0 amide bonds. The minimum Gasteiger partial charge on any atom is -0.259 e. The van der Waals surface area contributed by atoms with Crippen LogP contribution in [0.4, 0.5) is 0 Å². The number of aliphatic imine (C=N–C) groups is 1. The van der Waals surface area contributed by atoms with Crippen molar-refractivity contribution >= 4 is 28.6 Å². The van der Waals surface area contributed by atoms with Crippen LogP contribution in [0.3, 0.4) is 0 Å². The first-order valence-corrected chi connectivity index (χ1v) is 9.31. The fourth-order valence-corrected chi connectivity index (χ4v) is 3.67. The number of thioether (sulfide) groups is 2. The first-order valence-electron chi connectivity index (χ1n) is 7.27. The molecule has 0 spiro atoms. The summed E-state index contributed by atoms with van der Waals surface area (Å²) in [5.41, 5.74) is 2.48. The summed E-state index contributed by atoms with van der Waals surface area (Å²) in [6, 6.07) is 21.0. The molecule has 2 aromatic carbocycles.